The maximum absolute atomic E-state index is 4.48. The number of hydrogen-bond acceptors (Lipinski definition) is 5. The summed E-state index contributed by atoms with van der Waals surface area (Å²) in [5.41, 5.74) is 1.14. The molecule has 86 valence electrons. The molecule has 2 heterocycles. The van der Waals surface area contributed by atoms with Gasteiger partial charge in [-0.05, 0) is 20.8 Å². The van der Waals surface area contributed by atoms with Crippen LogP contribution in [-0.4, -0.2) is 25.7 Å². The number of nitrogens with zero attached hydrogens (tertiary/aromatic N) is 3. The summed E-state index contributed by atoms with van der Waals surface area (Å²) >= 11 is 1.57. The van der Waals surface area contributed by atoms with Crippen molar-refractivity contribution in [1.29, 1.82) is 0 Å². The summed E-state index contributed by atoms with van der Waals surface area (Å²) in [6.45, 7) is 7.18. The molecule has 0 spiro atoms. The highest BCUT2D eigenvalue weighted by Gasteiger charge is 2.11. The van der Waals surface area contributed by atoms with E-state index in [2.05, 4.69) is 46.3 Å². The lowest BCUT2D eigenvalue weighted by atomic mass is 10.1. The SMILES string of the molecule is CC(C)(C)NCc1csc(-c2ncn[nH]2)n1. The van der Waals surface area contributed by atoms with Gasteiger partial charge in [0.1, 0.15) is 6.33 Å². The minimum Gasteiger partial charge on any atom is -0.306 e. The maximum atomic E-state index is 4.48. The van der Waals surface area contributed by atoms with Gasteiger partial charge in [0, 0.05) is 17.5 Å². The second-order valence-electron chi connectivity index (χ2n) is 4.58. The zero-order valence-electron chi connectivity index (χ0n) is 9.61. The van der Waals surface area contributed by atoms with Gasteiger partial charge in [-0.3, -0.25) is 5.10 Å². The first-order chi connectivity index (χ1) is 7.54. The van der Waals surface area contributed by atoms with Gasteiger partial charge in [-0.1, -0.05) is 0 Å². The lowest BCUT2D eigenvalue weighted by Gasteiger charge is -2.19. The van der Waals surface area contributed by atoms with Crippen molar-refractivity contribution in [2.45, 2.75) is 32.9 Å². The van der Waals surface area contributed by atoms with Gasteiger partial charge in [-0.2, -0.15) is 5.10 Å². The molecule has 0 aromatic carbocycles. The Morgan fingerprint density at radius 1 is 1.44 bits per heavy atom. The summed E-state index contributed by atoms with van der Waals surface area (Å²) in [5, 5.41) is 12.9. The van der Waals surface area contributed by atoms with Gasteiger partial charge in [0.05, 0.1) is 5.69 Å². The number of H-pyrrole nitrogens is 1. The molecule has 5 nitrogen and oxygen atoms in total. The van der Waals surface area contributed by atoms with Crippen LogP contribution in [0.5, 0.6) is 0 Å². The van der Waals surface area contributed by atoms with E-state index in [0.717, 1.165) is 23.1 Å². The summed E-state index contributed by atoms with van der Waals surface area (Å²) in [7, 11) is 0. The van der Waals surface area contributed by atoms with Crippen LogP contribution >= 0.6 is 11.3 Å². The molecule has 0 aliphatic carbocycles. The number of thiazole rings is 1. The summed E-state index contributed by atoms with van der Waals surface area (Å²) in [6, 6.07) is 0. The topological polar surface area (TPSA) is 66.5 Å². The molecule has 16 heavy (non-hydrogen) atoms. The van der Waals surface area contributed by atoms with Gasteiger partial charge in [0.2, 0.25) is 0 Å². The van der Waals surface area contributed by atoms with E-state index in [0.29, 0.717) is 0 Å². The van der Waals surface area contributed by atoms with E-state index in [4.69, 9.17) is 0 Å². The average Bonchev–Trinajstić information content (AvgIpc) is 2.84. The van der Waals surface area contributed by atoms with Gasteiger partial charge in [0.25, 0.3) is 0 Å². The zero-order valence-corrected chi connectivity index (χ0v) is 10.4. The number of aromatic amines is 1. The van der Waals surface area contributed by atoms with E-state index < -0.39 is 0 Å². The summed E-state index contributed by atoms with van der Waals surface area (Å²) in [6.07, 6.45) is 1.49. The Hall–Kier alpha value is -1.27. The smallest absolute Gasteiger partial charge is 0.184 e. The second-order valence-corrected chi connectivity index (χ2v) is 5.44. The predicted molar refractivity (Wildman–Crippen MR) is 64.1 cm³/mol. The fourth-order valence-corrected chi connectivity index (χ4v) is 1.92. The van der Waals surface area contributed by atoms with Crippen molar-refractivity contribution in [3.8, 4) is 10.8 Å². The molecule has 2 aromatic heterocycles. The minimum atomic E-state index is 0.107. The van der Waals surface area contributed by atoms with Crippen LogP contribution in [0.4, 0.5) is 0 Å². The quantitative estimate of drug-likeness (QED) is 0.854. The lowest BCUT2D eigenvalue weighted by Crippen LogP contribution is -2.35. The molecule has 0 saturated heterocycles. The number of hydrogen-bond donors (Lipinski definition) is 2. The fourth-order valence-electron chi connectivity index (χ4n) is 1.16. The third-order valence-electron chi connectivity index (χ3n) is 1.97. The summed E-state index contributed by atoms with van der Waals surface area (Å²) in [5.74, 6) is 0.729. The second kappa shape index (κ2) is 4.31. The largest absolute Gasteiger partial charge is 0.306 e. The Bertz CT molecular complexity index is 440. The van der Waals surface area contributed by atoms with E-state index in [1.165, 1.54) is 6.33 Å². The Morgan fingerprint density at radius 2 is 2.25 bits per heavy atom. The van der Waals surface area contributed by atoms with Crippen molar-refractivity contribution in [3.63, 3.8) is 0 Å². The third kappa shape index (κ3) is 2.86. The van der Waals surface area contributed by atoms with Crippen LogP contribution < -0.4 is 5.32 Å². The van der Waals surface area contributed by atoms with Crippen LogP contribution in [0.3, 0.4) is 0 Å². The lowest BCUT2D eigenvalue weighted by molar-refractivity contribution is 0.422. The molecule has 0 atom stereocenters. The molecule has 0 aliphatic heterocycles. The van der Waals surface area contributed by atoms with Crippen molar-refractivity contribution >= 4 is 11.3 Å². The molecule has 0 aliphatic rings. The number of rotatable bonds is 3. The Morgan fingerprint density at radius 3 is 2.88 bits per heavy atom. The third-order valence-corrected chi connectivity index (χ3v) is 2.87. The standard InChI is InChI=1S/C10H15N5S/c1-10(2,3)12-4-7-5-16-9(14-7)8-11-6-13-15-8/h5-6,12H,4H2,1-3H3,(H,11,13,15). The first-order valence-corrected chi connectivity index (χ1v) is 5.98. The van der Waals surface area contributed by atoms with Gasteiger partial charge in [0.15, 0.2) is 10.8 Å². The highest BCUT2D eigenvalue weighted by molar-refractivity contribution is 7.13. The molecule has 0 bridgehead atoms. The number of aromatic nitrogens is 4. The molecular formula is C10H15N5S. The average molecular weight is 237 g/mol. The van der Waals surface area contributed by atoms with Crippen molar-refractivity contribution in [2.24, 2.45) is 0 Å². The molecule has 0 unspecified atom stereocenters. The molecule has 0 amide bonds. The molecule has 2 N–H and O–H groups in total. The van der Waals surface area contributed by atoms with Crippen molar-refractivity contribution in [2.75, 3.05) is 0 Å². The minimum absolute atomic E-state index is 0.107. The van der Waals surface area contributed by atoms with E-state index >= 15 is 0 Å². The first kappa shape index (κ1) is 11.2. The monoisotopic (exact) mass is 237 g/mol. The molecule has 0 radical (unpaired) electrons. The van der Waals surface area contributed by atoms with E-state index in [1.807, 2.05) is 5.38 Å². The van der Waals surface area contributed by atoms with Gasteiger partial charge < -0.3 is 5.32 Å². The van der Waals surface area contributed by atoms with Crippen LogP contribution in [0.1, 0.15) is 26.5 Å². The van der Waals surface area contributed by atoms with Crippen LogP contribution in [0.15, 0.2) is 11.7 Å². The first-order valence-electron chi connectivity index (χ1n) is 5.10. The maximum Gasteiger partial charge on any atom is 0.184 e. The molecular weight excluding hydrogens is 222 g/mol. The van der Waals surface area contributed by atoms with Crippen LogP contribution in [-0.2, 0) is 6.54 Å². The number of nitrogens with one attached hydrogen (secondary N) is 2. The van der Waals surface area contributed by atoms with Crippen LogP contribution in [0.2, 0.25) is 0 Å². The Labute approximate surface area is 98.3 Å². The van der Waals surface area contributed by atoms with E-state index in [-0.39, 0.29) is 5.54 Å². The van der Waals surface area contributed by atoms with Crippen molar-refractivity contribution in [1.82, 2.24) is 25.5 Å². The summed E-state index contributed by atoms with van der Waals surface area (Å²) < 4.78 is 0. The highest BCUT2D eigenvalue weighted by atomic mass is 32.1. The van der Waals surface area contributed by atoms with Crippen LogP contribution in [0.25, 0.3) is 10.8 Å². The van der Waals surface area contributed by atoms with E-state index in [9.17, 15) is 0 Å². The Kier molecular flexibility index (Phi) is 3.02. The van der Waals surface area contributed by atoms with E-state index in [1.54, 1.807) is 11.3 Å². The zero-order chi connectivity index (χ0) is 11.6. The normalized spacial score (nSPS) is 11.9. The molecule has 2 aromatic rings. The van der Waals surface area contributed by atoms with Gasteiger partial charge >= 0.3 is 0 Å². The fraction of sp³-hybridized carbons (Fsp3) is 0.500. The van der Waals surface area contributed by atoms with Crippen molar-refractivity contribution in [3.05, 3.63) is 17.4 Å². The highest BCUT2D eigenvalue weighted by Crippen LogP contribution is 2.19. The molecule has 2 rings (SSSR count). The van der Waals surface area contributed by atoms with Gasteiger partial charge in [-0.25, -0.2) is 9.97 Å². The van der Waals surface area contributed by atoms with Crippen LogP contribution in [0, 0.1) is 0 Å². The van der Waals surface area contributed by atoms with Crippen molar-refractivity contribution < 1.29 is 0 Å². The molecule has 6 heteroatoms. The Balaban J connectivity index is 2.03. The van der Waals surface area contributed by atoms with Gasteiger partial charge in [-0.15, -0.1) is 11.3 Å². The molecule has 0 fully saturated rings. The summed E-state index contributed by atoms with van der Waals surface area (Å²) in [4.78, 5) is 8.55. The molecule has 0 saturated carbocycles. The predicted octanol–water partition coefficient (Wildman–Crippen LogP) is 1.82.